The smallest absolute Gasteiger partial charge is 0.0598 e. The minimum Gasteiger partial charge on any atom is -0.370 e. The molecule has 0 amide bonds. The highest BCUT2D eigenvalue weighted by Gasteiger charge is 2.20. The maximum Gasteiger partial charge on any atom is 0.0598 e. The van der Waals surface area contributed by atoms with Crippen molar-refractivity contribution in [3.8, 4) is 0 Å². The summed E-state index contributed by atoms with van der Waals surface area (Å²) in [7, 11) is 0. The molecule has 3 nitrogen and oxygen atoms in total. The molecule has 20 heavy (non-hydrogen) atoms. The van der Waals surface area contributed by atoms with E-state index < -0.39 is 0 Å². The maximum absolute atomic E-state index is 4.33. The zero-order chi connectivity index (χ0) is 14.4. The quantitative estimate of drug-likeness (QED) is 0.860. The molecule has 112 valence electrons. The minimum atomic E-state index is 0.520. The third kappa shape index (κ3) is 4.20. The largest absolute Gasteiger partial charge is 0.370 e. The highest BCUT2D eigenvalue weighted by atomic mass is 15.1. The molecule has 0 unspecified atom stereocenters. The summed E-state index contributed by atoms with van der Waals surface area (Å²) >= 11 is 0. The fourth-order valence-electron chi connectivity index (χ4n) is 3.03. The lowest BCUT2D eigenvalue weighted by molar-refractivity contribution is 0.378. The van der Waals surface area contributed by atoms with Crippen molar-refractivity contribution in [2.45, 2.75) is 59.0 Å². The Balaban J connectivity index is 1.98. The van der Waals surface area contributed by atoms with Gasteiger partial charge in [-0.3, -0.25) is 4.98 Å². The van der Waals surface area contributed by atoms with Gasteiger partial charge < -0.3 is 10.2 Å². The summed E-state index contributed by atoms with van der Waals surface area (Å²) in [6, 6.07) is 2.68. The molecule has 2 heterocycles. The van der Waals surface area contributed by atoms with Crippen molar-refractivity contribution in [3.63, 3.8) is 0 Å². The van der Waals surface area contributed by atoms with Gasteiger partial charge in [0.15, 0.2) is 0 Å². The van der Waals surface area contributed by atoms with E-state index in [-0.39, 0.29) is 0 Å². The van der Waals surface area contributed by atoms with E-state index >= 15 is 0 Å². The molecule has 1 N–H and O–H groups in total. The molecule has 1 aromatic heterocycles. The Kier molecular flexibility index (Phi) is 5.84. The Bertz CT molecular complexity index is 395. The third-order valence-corrected chi connectivity index (χ3v) is 4.24. The second kappa shape index (κ2) is 7.63. The zero-order valence-corrected chi connectivity index (χ0v) is 13.2. The summed E-state index contributed by atoms with van der Waals surface area (Å²) in [6.45, 7) is 9.98. The average molecular weight is 275 g/mol. The van der Waals surface area contributed by atoms with Crippen LogP contribution >= 0.6 is 0 Å². The number of hydrogen-bond acceptors (Lipinski definition) is 3. The van der Waals surface area contributed by atoms with Crippen LogP contribution in [0.3, 0.4) is 0 Å². The van der Waals surface area contributed by atoms with Crippen LogP contribution in [-0.4, -0.2) is 24.1 Å². The molecule has 0 atom stereocenters. The first-order chi connectivity index (χ1) is 9.70. The summed E-state index contributed by atoms with van der Waals surface area (Å²) in [4.78, 5) is 6.86. The van der Waals surface area contributed by atoms with Crippen LogP contribution in [0.25, 0.3) is 0 Å². The molecule has 1 fully saturated rings. The topological polar surface area (TPSA) is 28.2 Å². The minimum absolute atomic E-state index is 0.520. The average Bonchev–Trinajstić information content (AvgIpc) is 2.47. The Morgan fingerprint density at radius 3 is 2.75 bits per heavy atom. The summed E-state index contributed by atoms with van der Waals surface area (Å²) in [5, 5.41) is 3.52. The summed E-state index contributed by atoms with van der Waals surface area (Å²) in [6.07, 6.45) is 9.32. The van der Waals surface area contributed by atoms with Crippen LogP contribution in [0, 0.1) is 5.92 Å². The van der Waals surface area contributed by atoms with Gasteiger partial charge in [-0.2, -0.15) is 0 Å². The molecule has 0 bridgehead atoms. The lowest BCUT2D eigenvalue weighted by Crippen LogP contribution is -2.35. The van der Waals surface area contributed by atoms with Gasteiger partial charge >= 0.3 is 0 Å². The first kappa shape index (κ1) is 15.3. The van der Waals surface area contributed by atoms with Gasteiger partial charge in [-0.1, -0.05) is 33.6 Å². The molecule has 0 aromatic carbocycles. The fraction of sp³-hybridized carbons (Fsp3) is 0.706. The molecule has 0 saturated carbocycles. The fourth-order valence-corrected chi connectivity index (χ4v) is 3.03. The molecule has 0 radical (unpaired) electrons. The van der Waals surface area contributed by atoms with Gasteiger partial charge in [0.05, 0.1) is 11.9 Å². The number of nitrogens with one attached hydrogen (secondary N) is 1. The zero-order valence-electron chi connectivity index (χ0n) is 13.2. The molecule has 1 aromatic rings. The molecule has 1 saturated heterocycles. The first-order valence-electron chi connectivity index (χ1n) is 8.12. The molecule has 0 aliphatic carbocycles. The third-order valence-electron chi connectivity index (χ3n) is 4.24. The van der Waals surface area contributed by atoms with Crippen molar-refractivity contribution in [2.75, 3.05) is 18.0 Å². The van der Waals surface area contributed by atoms with E-state index in [2.05, 4.69) is 42.0 Å². The van der Waals surface area contributed by atoms with Gasteiger partial charge in [0, 0.05) is 31.9 Å². The monoisotopic (exact) mass is 275 g/mol. The van der Waals surface area contributed by atoms with Crippen LogP contribution < -0.4 is 10.2 Å². The predicted molar refractivity (Wildman–Crippen MR) is 86.1 cm³/mol. The number of anilines is 1. The van der Waals surface area contributed by atoms with E-state index in [0.717, 1.165) is 12.5 Å². The molecule has 1 aliphatic rings. The van der Waals surface area contributed by atoms with Gasteiger partial charge in [-0.25, -0.2) is 0 Å². The number of hydrogen-bond donors (Lipinski definition) is 1. The Hall–Kier alpha value is -1.09. The SMILES string of the molecule is CCCC1CCN(c2cnccc2CNC(C)C)CC1. The van der Waals surface area contributed by atoms with Crippen molar-refractivity contribution >= 4 is 5.69 Å². The van der Waals surface area contributed by atoms with E-state index in [4.69, 9.17) is 0 Å². The molecular weight excluding hydrogens is 246 g/mol. The summed E-state index contributed by atoms with van der Waals surface area (Å²) in [5.74, 6) is 0.935. The maximum atomic E-state index is 4.33. The van der Waals surface area contributed by atoms with E-state index in [1.807, 2.05) is 12.4 Å². The second-order valence-corrected chi connectivity index (χ2v) is 6.26. The van der Waals surface area contributed by atoms with Gasteiger partial charge in [-0.15, -0.1) is 0 Å². The highest BCUT2D eigenvalue weighted by Crippen LogP contribution is 2.27. The highest BCUT2D eigenvalue weighted by molar-refractivity contribution is 5.52. The normalized spacial score (nSPS) is 16.9. The van der Waals surface area contributed by atoms with Crippen molar-refractivity contribution in [1.82, 2.24) is 10.3 Å². The van der Waals surface area contributed by atoms with Crippen molar-refractivity contribution in [2.24, 2.45) is 5.92 Å². The first-order valence-corrected chi connectivity index (χ1v) is 8.12. The second-order valence-electron chi connectivity index (χ2n) is 6.26. The predicted octanol–water partition coefficient (Wildman–Crippen LogP) is 3.60. The Morgan fingerprint density at radius 2 is 2.10 bits per heavy atom. The van der Waals surface area contributed by atoms with Crippen LogP contribution in [0.4, 0.5) is 5.69 Å². The van der Waals surface area contributed by atoms with Crippen LogP contribution in [0.15, 0.2) is 18.5 Å². The van der Waals surface area contributed by atoms with Crippen LogP contribution in [-0.2, 0) is 6.54 Å². The number of nitrogens with zero attached hydrogens (tertiary/aromatic N) is 2. The molecule has 1 aliphatic heterocycles. The number of rotatable bonds is 6. The lowest BCUT2D eigenvalue weighted by Gasteiger charge is -2.34. The van der Waals surface area contributed by atoms with Crippen molar-refractivity contribution < 1.29 is 0 Å². The molecule has 3 heteroatoms. The van der Waals surface area contributed by atoms with E-state index in [0.29, 0.717) is 6.04 Å². The summed E-state index contributed by atoms with van der Waals surface area (Å²) < 4.78 is 0. The van der Waals surface area contributed by atoms with E-state index in [1.165, 1.54) is 50.0 Å². The molecular formula is C17H29N3. The molecule has 0 spiro atoms. The number of piperidine rings is 1. The summed E-state index contributed by atoms with van der Waals surface area (Å²) in [5.41, 5.74) is 2.71. The molecule has 2 rings (SSSR count). The van der Waals surface area contributed by atoms with Crippen molar-refractivity contribution in [1.29, 1.82) is 0 Å². The van der Waals surface area contributed by atoms with Crippen molar-refractivity contribution in [3.05, 3.63) is 24.0 Å². The standard InChI is InChI=1S/C17H29N3/c1-4-5-15-7-10-20(11-8-15)17-13-18-9-6-16(17)12-19-14(2)3/h6,9,13-15,19H,4-5,7-8,10-12H2,1-3H3. The van der Waals surface area contributed by atoms with Gasteiger partial charge in [0.1, 0.15) is 0 Å². The van der Waals surface area contributed by atoms with Crippen LogP contribution in [0.1, 0.15) is 52.0 Å². The van der Waals surface area contributed by atoms with Gasteiger partial charge in [-0.05, 0) is 30.4 Å². The Morgan fingerprint density at radius 1 is 1.35 bits per heavy atom. The van der Waals surface area contributed by atoms with Gasteiger partial charge in [0.25, 0.3) is 0 Å². The lowest BCUT2D eigenvalue weighted by atomic mass is 9.92. The van der Waals surface area contributed by atoms with Crippen LogP contribution in [0.5, 0.6) is 0 Å². The van der Waals surface area contributed by atoms with Gasteiger partial charge in [0.2, 0.25) is 0 Å². The Labute approximate surface area is 123 Å². The number of pyridine rings is 1. The van der Waals surface area contributed by atoms with E-state index in [9.17, 15) is 0 Å². The number of aromatic nitrogens is 1. The van der Waals surface area contributed by atoms with Crippen LogP contribution in [0.2, 0.25) is 0 Å². The van der Waals surface area contributed by atoms with E-state index in [1.54, 1.807) is 0 Å².